The van der Waals surface area contributed by atoms with Crippen LogP contribution in [-0.4, -0.2) is 5.91 Å². The first-order valence-corrected chi connectivity index (χ1v) is 12.0. The number of primary amides is 1. The number of rotatable bonds is 20. The summed E-state index contributed by atoms with van der Waals surface area (Å²) in [4.78, 5) is 11.8. The lowest BCUT2D eigenvalue weighted by molar-refractivity contribution is -0.123. The molecule has 0 aromatic carbocycles. The van der Waals surface area contributed by atoms with Gasteiger partial charge in [-0.2, -0.15) is 0 Å². The zero-order valence-electron chi connectivity index (χ0n) is 18.4. The van der Waals surface area contributed by atoms with E-state index in [2.05, 4.69) is 20.8 Å². The summed E-state index contributed by atoms with van der Waals surface area (Å²) >= 11 is 0. The molecular weight excluding hydrogens is 318 g/mol. The summed E-state index contributed by atoms with van der Waals surface area (Å²) in [5, 5.41) is 0. The van der Waals surface area contributed by atoms with E-state index in [1.54, 1.807) is 0 Å². The maximum atomic E-state index is 11.8. The summed E-state index contributed by atoms with van der Waals surface area (Å²) in [5.74, 6) is 0.539. The van der Waals surface area contributed by atoms with Crippen molar-refractivity contribution in [1.82, 2.24) is 0 Å². The Morgan fingerprint density at radius 1 is 0.615 bits per heavy atom. The van der Waals surface area contributed by atoms with Crippen LogP contribution < -0.4 is 5.73 Å². The number of carbonyl (C=O) groups excluding carboxylic acids is 1. The van der Waals surface area contributed by atoms with E-state index < -0.39 is 0 Å². The quantitative estimate of drug-likeness (QED) is 0.219. The normalized spacial score (nSPS) is 13.7. The first kappa shape index (κ1) is 25.5. The van der Waals surface area contributed by atoms with E-state index >= 15 is 0 Å². The Kier molecular flexibility index (Phi) is 18.8. The molecular formula is C24H49NO. The number of amides is 1. The average Bonchev–Trinajstić information content (AvgIpc) is 2.63. The second-order valence-corrected chi connectivity index (χ2v) is 8.35. The van der Waals surface area contributed by atoms with Crippen molar-refractivity contribution in [3.8, 4) is 0 Å². The third-order valence-corrected chi connectivity index (χ3v) is 5.99. The molecule has 0 aromatic heterocycles. The zero-order chi connectivity index (χ0) is 19.5. The van der Waals surface area contributed by atoms with Gasteiger partial charge in [-0.3, -0.25) is 4.79 Å². The lowest BCUT2D eigenvalue weighted by atomic mass is 9.82. The second-order valence-electron chi connectivity index (χ2n) is 8.35. The topological polar surface area (TPSA) is 43.1 Å². The van der Waals surface area contributed by atoms with Gasteiger partial charge in [0.25, 0.3) is 0 Å². The van der Waals surface area contributed by atoms with Crippen molar-refractivity contribution in [3.63, 3.8) is 0 Å². The highest BCUT2D eigenvalue weighted by Crippen LogP contribution is 2.26. The van der Waals surface area contributed by atoms with Crippen LogP contribution in [-0.2, 0) is 4.79 Å². The van der Waals surface area contributed by atoms with E-state index in [9.17, 15) is 4.79 Å². The van der Waals surface area contributed by atoms with Crippen LogP contribution >= 0.6 is 0 Å². The Bertz CT molecular complexity index is 303. The first-order valence-electron chi connectivity index (χ1n) is 12.0. The molecule has 156 valence electrons. The number of unbranched alkanes of at least 4 members (excludes halogenated alkanes) is 13. The molecule has 26 heavy (non-hydrogen) atoms. The fourth-order valence-electron chi connectivity index (χ4n) is 4.23. The van der Waals surface area contributed by atoms with Crippen molar-refractivity contribution in [1.29, 1.82) is 0 Å². The van der Waals surface area contributed by atoms with Gasteiger partial charge in [0.05, 0.1) is 0 Å². The lowest BCUT2D eigenvalue weighted by Gasteiger charge is -2.23. The summed E-state index contributed by atoms with van der Waals surface area (Å²) in [6.45, 7) is 6.68. The molecule has 0 aliphatic heterocycles. The predicted molar refractivity (Wildman–Crippen MR) is 116 cm³/mol. The Morgan fingerprint density at radius 2 is 1.04 bits per heavy atom. The van der Waals surface area contributed by atoms with Crippen LogP contribution in [0.1, 0.15) is 136 Å². The zero-order valence-corrected chi connectivity index (χ0v) is 18.4. The second kappa shape index (κ2) is 19.2. The minimum Gasteiger partial charge on any atom is -0.369 e. The van der Waals surface area contributed by atoms with Gasteiger partial charge in [0.2, 0.25) is 5.91 Å². The predicted octanol–water partition coefficient (Wildman–Crippen LogP) is 7.79. The van der Waals surface area contributed by atoms with E-state index in [4.69, 9.17) is 5.73 Å². The number of hydrogen-bond acceptors (Lipinski definition) is 1. The van der Waals surface area contributed by atoms with Crippen LogP contribution in [0.15, 0.2) is 0 Å². The lowest BCUT2D eigenvalue weighted by Crippen LogP contribution is -2.29. The molecule has 0 aliphatic carbocycles. The fourth-order valence-corrected chi connectivity index (χ4v) is 4.23. The van der Waals surface area contributed by atoms with Gasteiger partial charge in [0, 0.05) is 5.92 Å². The smallest absolute Gasteiger partial charge is 0.220 e. The van der Waals surface area contributed by atoms with Crippen molar-refractivity contribution in [3.05, 3.63) is 0 Å². The van der Waals surface area contributed by atoms with Crippen molar-refractivity contribution < 1.29 is 4.79 Å². The minimum atomic E-state index is -0.0694. The third kappa shape index (κ3) is 14.6. The largest absolute Gasteiger partial charge is 0.369 e. The Balaban J connectivity index is 3.49. The Hall–Kier alpha value is -0.530. The summed E-state index contributed by atoms with van der Waals surface area (Å²) in [5.41, 5.74) is 5.66. The van der Waals surface area contributed by atoms with Gasteiger partial charge in [-0.05, 0) is 18.8 Å². The highest BCUT2D eigenvalue weighted by Gasteiger charge is 2.23. The van der Waals surface area contributed by atoms with E-state index in [1.807, 2.05) is 0 Å². The van der Waals surface area contributed by atoms with Crippen LogP contribution in [0.2, 0.25) is 0 Å². The Morgan fingerprint density at radius 3 is 1.38 bits per heavy atom. The molecule has 2 atom stereocenters. The highest BCUT2D eigenvalue weighted by atomic mass is 16.1. The van der Waals surface area contributed by atoms with Gasteiger partial charge >= 0.3 is 0 Å². The van der Waals surface area contributed by atoms with Crippen LogP contribution in [0.4, 0.5) is 0 Å². The number of hydrogen-bond donors (Lipinski definition) is 1. The van der Waals surface area contributed by atoms with Gasteiger partial charge in [-0.1, -0.05) is 124 Å². The molecule has 0 aromatic rings. The van der Waals surface area contributed by atoms with Crippen LogP contribution in [0.25, 0.3) is 0 Å². The first-order chi connectivity index (χ1) is 12.7. The SMILES string of the molecule is CCCCCCCCCCCCCCCCC(C(N)=O)C(CC)CCC. The Labute approximate surface area is 165 Å². The van der Waals surface area contributed by atoms with Crippen molar-refractivity contribution in [2.75, 3.05) is 0 Å². The maximum Gasteiger partial charge on any atom is 0.220 e. The molecule has 2 heteroatoms. The summed E-state index contributed by atoms with van der Waals surface area (Å²) in [6.07, 6.45) is 23.7. The van der Waals surface area contributed by atoms with Crippen LogP contribution in [0, 0.1) is 11.8 Å². The molecule has 0 heterocycles. The molecule has 0 bridgehead atoms. The van der Waals surface area contributed by atoms with E-state index in [0.717, 1.165) is 25.7 Å². The van der Waals surface area contributed by atoms with Crippen LogP contribution in [0.3, 0.4) is 0 Å². The van der Waals surface area contributed by atoms with E-state index in [-0.39, 0.29) is 11.8 Å². The molecule has 0 aliphatic rings. The van der Waals surface area contributed by atoms with E-state index in [1.165, 1.54) is 89.9 Å². The standard InChI is InChI=1S/C24H49NO/c1-4-7-8-9-10-11-12-13-14-15-16-17-18-19-21-23(24(25)26)22(6-3)20-5-2/h22-23H,4-21H2,1-3H3,(H2,25,26). The monoisotopic (exact) mass is 367 g/mol. The van der Waals surface area contributed by atoms with Gasteiger partial charge in [-0.15, -0.1) is 0 Å². The molecule has 2 unspecified atom stereocenters. The molecule has 0 fully saturated rings. The maximum absolute atomic E-state index is 11.8. The molecule has 1 amide bonds. The van der Waals surface area contributed by atoms with Crippen LogP contribution in [0.5, 0.6) is 0 Å². The summed E-state index contributed by atoms with van der Waals surface area (Å²) in [6, 6.07) is 0. The van der Waals surface area contributed by atoms with Crippen molar-refractivity contribution >= 4 is 5.91 Å². The number of nitrogens with two attached hydrogens (primary N) is 1. The molecule has 0 spiro atoms. The van der Waals surface area contributed by atoms with Gasteiger partial charge in [0.15, 0.2) is 0 Å². The van der Waals surface area contributed by atoms with Crippen molar-refractivity contribution in [2.24, 2.45) is 17.6 Å². The molecule has 0 radical (unpaired) electrons. The molecule has 0 saturated heterocycles. The fraction of sp³-hybridized carbons (Fsp3) is 0.958. The summed E-state index contributed by atoms with van der Waals surface area (Å²) in [7, 11) is 0. The highest BCUT2D eigenvalue weighted by molar-refractivity contribution is 5.76. The van der Waals surface area contributed by atoms with E-state index in [0.29, 0.717) is 5.92 Å². The molecule has 0 rings (SSSR count). The van der Waals surface area contributed by atoms with Gasteiger partial charge in [-0.25, -0.2) is 0 Å². The molecule has 0 saturated carbocycles. The minimum absolute atomic E-state index is 0.0694. The van der Waals surface area contributed by atoms with Gasteiger partial charge in [0.1, 0.15) is 0 Å². The average molecular weight is 368 g/mol. The van der Waals surface area contributed by atoms with Gasteiger partial charge < -0.3 is 5.73 Å². The number of carbonyl (C=O) groups is 1. The van der Waals surface area contributed by atoms with Crippen molar-refractivity contribution in [2.45, 2.75) is 136 Å². The third-order valence-electron chi connectivity index (χ3n) is 5.99. The summed E-state index contributed by atoms with van der Waals surface area (Å²) < 4.78 is 0. The molecule has 2 N–H and O–H groups in total. The molecule has 2 nitrogen and oxygen atoms in total.